The molecule has 0 saturated heterocycles. The van der Waals surface area contributed by atoms with Crippen LogP contribution >= 0.6 is 0 Å². The summed E-state index contributed by atoms with van der Waals surface area (Å²) in [7, 11) is 1.66. The van der Waals surface area contributed by atoms with Crippen LogP contribution in [0.1, 0.15) is 5.56 Å². The molecule has 0 atom stereocenters. The average Bonchev–Trinajstić information content (AvgIpc) is 2.46. The fourth-order valence-electron chi connectivity index (χ4n) is 2.03. The van der Waals surface area contributed by atoms with Crippen LogP contribution < -0.4 is 11.1 Å². The van der Waals surface area contributed by atoms with Crippen LogP contribution in [0.2, 0.25) is 0 Å². The normalized spacial score (nSPS) is 10.3. The van der Waals surface area contributed by atoms with Crippen molar-refractivity contribution < 1.29 is 9.66 Å². The lowest BCUT2D eigenvalue weighted by molar-refractivity contribution is -0.383. The Bertz CT molecular complexity index is 644. The smallest absolute Gasteiger partial charge is 0.292 e. The molecule has 6 nitrogen and oxygen atoms in total. The largest absolute Gasteiger partial charge is 0.393 e. The fourth-order valence-corrected chi connectivity index (χ4v) is 2.03. The van der Waals surface area contributed by atoms with Gasteiger partial charge < -0.3 is 15.8 Å². The topological polar surface area (TPSA) is 90.4 Å². The van der Waals surface area contributed by atoms with Crippen molar-refractivity contribution in [1.82, 2.24) is 0 Å². The molecule has 6 heteroatoms. The molecule has 0 aromatic heterocycles. The Morgan fingerprint density at radius 3 is 2.71 bits per heavy atom. The molecule has 0 aliphatic carbocycles. The zero-order valence-electron chi connectivity index (χ0n) is 11.7. The minimum atomic E-state index is -0.494. The Morgan fingerprint density at radius 1 is 1.29 bits per heavy atom. The van der Waals surface area contributed by atoms with Crippen LogP contribution in [0.15, 0.2) is 42.5 Å². The first-order valence-electron chi connectivity index (χ1n) is 6.49. The third-order valence-electron chi connectivity index (χ3n) is 3.10. The van der Waals surface area contributed by atoms with Crippen LogP contribution in [0.5, 0.6) is 0 Å². The maximum absolute atomic E-state index is 10.8. The summed E-state index contributed by atoms with van der Waals surface area (Å²) in [5.41, 5.74) is 8.49. The third-order valence-corrected chi connectivity index (χ3v) is 3.10. The molecule has 0 bridgehead atoms. The maximum Gasteiger partial charge on any atom is 0.292 e. The quantitative estimate of drug-likeness (QED) is 0.484. The summed E-state index contributed by atoms with van der Waals surface area (Å²) in [5.74, 6) is 0. The summed E-state index contributed by atoms with van der Waals surface area (Å²) in [6.07, 6.45) is 0.780. The molecular weight excluding hydrogens is 270 g/mol. The lowest BCUT2D eigenvalue weighted by Crippen LogP contribution is -2.01. The lowest BCUT2D eigenvalue weighted by atomic mass is 10.1. The molecule has 0 aliphatic rings. The molecule has 0 spiro atoms. The zero-order chi connectivity index (χ0) is 15.2. The van der Waals surface area contributed by atoms with Gasteiger partial charge in [-0.2, -0.15) is 0 Å². The van der Waals surface area contributed by atoms with Gasteiger partial charge in [0.05, 0.1) is 11.5 Å². The first-order valence-corrected chi connectivity index (χ1v) is 6.49. The highest BCUT2D eigenvalue weighted by molar-refractivity contribution is 5.71. The van der Waals surface area contributed by atoms with Crippen molar-refractivity contribution in [3.8, 4) is 0 Å². The highest BCUT2D eigenvalue weighted by Gasteiger charge is 2.11. The van der Waals surface area contributed by atoms with Gasteiger partial charge in [-0.1, -0.05) is 18.2 Å². The van der Waals surface area contributed by atoms with Crippen LogP contribution in [0.4, 0.5) is 22.7 Å². The number of nitrogen functional groups attached to an aromatic ring is 1. The molecular formula is C15H17N3O3. The van der Waals surface area contributed by atoms with Crippen molar-refractivity contribution in [3.63, 3.8) is 0 Å². The van der Waals surface area contributed by atoms with Gasteiger partial charge in [0.1, 0.15) is 5.69 Å². The third kappa shape index (κ3) is 3.70. The van der Waals surface area contributed by atoms with Crippen LogP contribution in [0, 0.1) is 10.1 Å². The van der Waals surface area contributed by atoms with Crippen LogP contribution in [0.25, 0.3) is 0 Å². The lowest BCUT2D eigenvalue weighted by Gasteiger charge is -2.12. The van der Waals surface area contributed by atoms with Gasteiger partial charge in [0.2, 0.25) is 0 Å². The Labute approximate surface area is 122 Å². The number of benzene rings is 2. The predicted molar refractivity (Wildman–Crippen MR) is 82.8 cm³/mol. The van der Waals surface area contributed by atoms with E-state index in [2.05, 4.69) is 5.32 Å². The van der Waals surface area contributed by atoms with Crippen molar-refractivity contribution in [3.05, 3.63) is 58.1 Å². The molecule has 0 fully saturated rings. The first kappa shape index (κ1) is 14.8. The fraction of sp³-hybridized carbons (Fsp3) is 0.200. The summed E-state index contributed by atoms with van der Waals surface area (Å²) in [5, 5.41) is 14.0. The number of nitrogens with two attached hydrogens (primary N) is 1. The first-order chi connectivity index (χ1) is 10.1. The van der Waals surface area contributed by atoms with Crippen molar-refractivity contribution in [2.75, 3.05) is 24.8 Å². The molecule has 0 unspecified atom stereocenters. The number of nitro groups is 1. The van der Waals surface area contributed by atoms with E-state index in [0.29, 0.717) is 12.3 Å². The minimum absolute atomic E-state index is 0.0896. The number of nitrogens with one attached hydrogen (secondary N) is 1. The molecule has 0 heterocycles. The number of rotatable bonds is 6. The summed E-state index contributed by atoms with van der Waals surface area (Å²) < 4.78 is 5.09. The van der Waals surface area contributed by atoms with Gasteiger partial charge >= 0.3 is 0 Å². The van der Waals surface area contributed by atoms with E-state index in [0.717, 1.165) is 17.7 Å². The highest BCUT2D eigenvalue weighted by Crippen LogP contribution is 2.28. The number of methoxy groups -OCH3 is 1. The van der Waals surface area contributed by atoms with E-state index < -0.39 is 4.92 Å². The molecule has 2 aromatic carbocycles. The van der Waals surface area contributed by atoms with Gasteiger partial charge in [0.15, 0.2) is 0 Å². The number of nitro benzene ring substituents is 1. The Kier molecular flexibility index (Phi) is 4.73. The molecule has 3 N–H and O–H groups in total. The number of anilines is 3. The number of hydrogen-bond acceptors (Lipinski definition) is 5. The molecule has 2 rings (SSSR count). The predicted octanol–water partition coefficient (Wildman–Crippen LogP) is 3.11. The molecule has 0 amide bonds. The van der Waals surface area contributed by atoms with E-state index in [4.69, 9.17) is 10.5 Å². The second-order valence-electron chi connectivity index (χ2n) is 4.56. The Hall–Kier alpha value is -2.60. The molecule has 0 aliphatic heterocycles. The van der Waals surface area contributed by atoms with Gasteiger partial charge in [-0.3, -0.25) is 10.1 Å². The molecule has 110 valence electrons. The van der Waals surface area contributed by atoms with Crippen molar-refractivity contribution in [1.29, 1.82) is 0 Å². The van der Waals surface area contributed by atoms with E-state index in [1.165, 1.54) is 6.07 Å². The van der Waals surface area contributed by atoms with E-state index in [-0.39, 0.29) is 11.4 Å². The van der Waals surface area contributed by atoms with Crippen molar-refractivity contribution in [2.45, 2.75) is 6.42 Å². The molecule has 21 heavy (non-hydrogen) atoms. The van der Waals surface area contributed by atoms with E-state index >= 15 is 0 Å². The Balaban J connectivity index is 2.22. The zero-order valence-corrected chi connectivity index (χ0v) is 11.7. The second kappa shape index (κ2) is 6.71. The van der Waals surface area contributed by atoms with Crippen LogP contribution in [-0.2, 0) is 11.2 Å². The summed E-state index contributed by atoms with van der Waals surface area (Å²) in [4.78, 5) is 10.3. The summed E-state index contributed by atoms with van der Waals surface area (Å²) in [6.45, 7) is 0.626. The van der Waals surface area contributed by atoms with Crippen LogP contribution in [0.3, 0.4) is 0 Å². The second-order valence-corrected chi connectivity index (χ2v) is 4.56. The van der Waals surface area contributed by atoms with E-state index in [9.17, 15) is 10.1 Å². The SMILES string of the molecule is COCCc1ccccc1Nc1ccc([N+](=O)[O-])c(N)c1. The van der Waals surface area contributed by atoms with Crippen LogP contribution in [-0.4, -0.2) is 18.6 Å². The standard InChI is InChI=1S/C15H17N3O3/c1-21-9-8-11-4-2-3-5-14(11)17-12-6-7-15(18(19)20)13(16)10-12/h2-7,10,17H,8-9,16H2,1H3. The van der Waals surface area contributed by atoms with E-state index in [1.807, 2.05) is 24.3 Å². The summed E-state index contributed by atoms with van der Waals surface area (Å²) >= 11 is 0. The number of hydrogen-bond donors (Lipinski definition) is 2. The molecule has 0 radical (unpaired) electrons. The van der Waals surface area contributed by atoms with Gasteiger partial charge in [-0.25, -0.2) is 0 Å². The maximum atomic E-state index is 10.8. The van der Waals surface area contributed by atoms with Gasteiger partial charge in [-0.05, 0) is 30.2 Å². The molecule has 2 aromatic rings. The molecule has 0 saturated carbocycles. The summed E-state index contributed by atoms with van der Waals surface area (Å²) in [6, 6.07) is 12.4. The monoisotopic (exact) mass is 287 g/mol. The minimum Gasteiger partial charge on any atom is -0.393 e. The Morgan fingerprint density at radius 2 is 2.05 bits per heavy atom. The van der Waals surface area contributed by atoms with Gasteiger partial charge in [0.25, 0.3) is 5.69 Å². The average molecular weight is 287 g/mol. The van der Waals surface area contributed by atoms with E-state index in [1.54, 1.807) is 19.2 Å². The van der Waals surface area contributed by atoms with Gasteiger partial charge in [0, 0.05) is 24.6 Å². The van der Waals surface area contributed by atoms with Crippen molar-refractivity contribution >= 4 is 22.7 Å². The number of nitrogens with zero attached hydrogens (tertiary/aromatic N) is 1. The number of para-hydroxylation sites is 1. The van der Waals surface area contributed by atoms with Crippen molar-refractivity contribution in [2.24, 2.45) is 0 Å². The van der Waals surface area contributed by atoms with Gasteiger partial charge in [-0.15, -0.1) is 0 Å². The highest BCUT2D eigenvalue weighted by atomic mass is 16.6. The number of ether oxygens (including phenoxy) is 1.